The average Bonchev–Trinajstić information content (AvgIpc) is 2.70. The molecule has 0 saturated heterocycles. The Hall–Kier alpha value is 0.0300. The van der Waals surface area contributed by atoms with Crippen LogP contribution in [-0.2, 0) is 18.3 Å². The molecule has 0 spiro atoms. The topological polar surface area (TPSA) is 95.5 Å². The lowest BCUT2D eigenvalue weighted by atomic mass is 10.0. The number of ether oxygens (including phenoxy) is 1. The molecule has 176 valence electrons. The van der Waals surface area contributed by atoms with Gasteiger partial charge in [0.05, 0.1) is 19.8 Å². The van der Waals surface area contributed by atoms with Gasteiger partial charge in [0.25, 0.3) is 7.82 Å². The van der Waals surface area contributed by atoms with Crippen LogP contribution >= 0.6 is 7.82 Å². The largest absolute Gasteiger partial charge is 0.756 e. The molecule has 7 heteroatoms. The van der Waals surface area contributed by atoms with E-state index in [1.165, 1.54) is 83.5 Å². The van der Waals surface area contributed by atoms with Gasteiger partial charge in [-0.15, -0.1) is 0 Å². The van der Waals surface area contributed by atoms with Crippen LogP contribution < -0.4 is 10.6 Å². The van der Waals surface area contributed by atoms with Crippen LogP contribution in [-0.4, -0.2) is 33.0 Å². The zero-order valence-corrected chi connectivity index (χ0v) is 20.1. The summed E-state index contributed by atoms with van der Waals surface area (Å²) < 4.78 is 26.5. The summed E-state index contributed by atoms with van der Waals surface area (Å²) in [6.07, 6.45) is 18.8. The van der Waals surface area contributed by atoms with E-state index in [0.29, 0.717) is 13.2 Å². The minimum atomic E-state index is -4.18. The van der Waals surface area contributed by atoms with Crippen LogP contribution in [0.25, 0.3) is 0 Å². The minimum absolute atomic E-state index is 0.0206. The van der Waals surface area contributed by atoms with Crippen LogP contribution in [0, 0.1) is 5.92 Å². The van der Waals surface area contributed by atoms with E-state index in [4.69, 9.17) is 9.26 Å². The van der Waals surface area contributed by atoms with E-state index in [-0.39, 0.29) is 19.1 Å². The van der Waals surface area contributed by atoms with E-state index in [1.807, 2.05) is 6.92 Å². The Morgan fingerprint density at radius 1 is 0.759 bits per heavy atom. The van der Waals surface area contributed by atoms with E-state index in [2.05, 4.69) is 17.2 Å². The molecule has 29 heavy (non-hydrogen) atoms. The van der Waals surface area contributed by atoms with Gasteiger partial charge < -0.3 is 24.4 Å². The highest BCUT2D eigenvalue weighted by Gasteiger charge is 2.12. The molecule has 2 atom stereocenters. The number of hydrogen-bond acceptors (Lipinski definition) is 5. The van der Waals surface area contributed by atoms with Crippen LogP contribution in [0.5, 0.6) is 0 Å². The molecule has 0 rings (SSSR count). The summed E-state index contributed by atoms with van der Waals surface area (Å²) >= 11 is 0. The lowest BCUT2D eigenvalue weighted by Crippen LogP contribution is -2.52. The molecule has 0 saturated carbocycles. The Morgan fingerprint density at radius 2 is 1.24 bits per heavy atom. The summed E-state index contributed by atoms with van der Waals surface area (Å²) in [4.78, 5) is 11.4. The Bertz CT molecular complexity index is 384. The predicted octanol–water partition coefficient (Wildman–Crippen LogP) is 4.86. The van der Waals surface area contributed by atoms with Crippen LogP contribution in [0.4, 0.5) is 0 Å². The Kier molecular flexibility index (Phi) is 21.3. The third-order valence-electron chi connectivity index (χ3n) is 4.96. The average molecular weight is 438 g/mol. The lowest BCUT2D eigenvalue weighted by molar-refractivity contribution is -0.373. The number of quaternary nitrogens is 1. The van der Waals surface area contributed by atoms with Crippen LogP contribution in [0.2, 0.25) is 0 Å². The maximum atomic E-state index is 11.4. The fourth-order valence-corrected chi connectivity index (χ4v) is 4.03. The van der Waals surface area contributed by atoms with Crippen molar-refractivity contribution in [2.45, 2.75) is 104 Å². The fourth-order valence-electron chi connectivity index (χ4n) is 3.16. The summed E-state index contributed by atoms with van der Waals surface area (Å²) in [7, 11) is -4.18. The number of phosphoric acid groups is 1. The third kappa shape index (κ3) is 22.5. The number of rotatable bonds is 23. The first-order chi connectivity index (χ1) is 14.0. The molecule has 0 aromatic heterocycles. The summed E-state index contributed by atoms with van der Waals surface area (Å²) in [6, 6.07) is 0. The second-order valence-corrected chi connectivity index (χ2v) is 9.62. The van der Waals surface area contributed by atoms with E-state index >= 15 is 0 Å². The lowest BCUT2D eigenvalue weighted by Gasteiger charge is -2.23. The highest BCUT2D eigenvalue weighted by atomic mass is 31.2. The Morgan fingerprint density at radius 3 is 1.72 bits per heavy atom. The van der Waals surface area contributed by atoms with Crippen molar-refractivity contribution in [3.05, 3.63) is 0 Å². The predicted molar refractivity (Wildman–Crippen MR) is 118 cm³/mol. The molecule has 0 bridgehead atoms. The van der Waals surface area contributed by atoms with E-state index in [0.717, 1.165) is 13.0 Å². The van der Waals surface area contributed by atoms with Crippen molar-refractivity contribution >= 4 is 7.82 Å². The molecule has 0 radical (unpaired) electrons. The molecular formula is C22H48NO5P. The SMILES string of the molecule is CCCCCCCCCCCCCCCCOCC(C)COP(=O)([O-])OCC[NH3+]. The highest BCUT2D eigenvalue weighted by Crippen LogP contribution is 2.38. The van der Waals surface area contributed by atoms with Gasteiger partial charge in [0.15, 0.2) is 0 Å². The second-order valence-electron chi connectivity index (χ2n) is 8.21. The van der Waals surface area contributed by atoms with Gasteiger partial charge in [0.2, 0.25) is 0 Å². The standard InChI is InChI=1S/C22H48NO5P/c1-3-4-5-6-7-8-9-10-11-12-13-14-15-16-18-26-20-22(2)21-28-29(24,25)27-19-17-23/h22H,3-21,23H2,1-2H3,(H,24,25). The molecule has 2 unspecified atom stereocenters. The molecule has 0 aromatic carbocycles. The molecule has 0 aliphatic carbocycles. The normalized spacial score (nSPS) is 14.8. The quantitative estimate of drug-likeness (QED) is 0.182. The monoisotopic (exact) mass is 437 g/mol. The molecule has 6 nitrogen and oxygen atoms in total. The van der Waals surface area contributed by atoms with Crippen molar-refractivity contribution in [2.24, 2.45) is 5.92 Å². The van der Waals surface area contributed by atoms with Crippen molar-refractivity contribution in [1.29, 1.82) is 0 Å². The van der Waals surface area contributed by atoms with Gasteiger partial charge in [-0.1, -0.05) is 97.3 Å². The fraction of sp³-hybridized carbons (Fsp3) is 1.00. The second kappa shape index (κ2) is 21.3. The molecule has 3 N–H and O–H groups in total. The van der Waals surface area contributed by atoms with E-state index < -0.39 is 7.82 Å². The summed E-state index contributed by atoms with van der Waals surface area (Å²) in [5.41, 5.74) is 3.53. The van der Waals surface area contributed by atoms with Gasteiger partial charge in [-0.3, -0.25) is 4.57 Å². The van der Waals surface area contributed by atoms with Gasteiger partial charge in [-0.25, -0.2) is 0 Å². The maximum absolute atomic E-state index is 11.4. The first kappa shape index (κ1) is 29.0. The zero-order valence-electron chi connectivity index (χ0n) is 19.2. The number of phosphoric ester groups is 1. The Labute approximate surface area is 179 Å². The molecular weight excluding hydrogens is 389 g/mol. The van der Waals surface area contributed by atoms with Crippen molar-refractivity contribution in [3.8, 4) is 0 Å². The molecule has 0 heterocycles. The number of hydrogen-bond donors (Lipinski definition) is 1. The van der Waals surface area contributed by atoms with Gasteiger partial charge in [0.1, 0.15) is 6.61 Å². The van der Waals surface area contributed by atoms with E-state index in [9.17, 15) is 9.46 Å². The summed E-state index contributed by atoms with van der Waals surface area (Å²) in [5.74, 6) is 0.0206. The first-order valence-electron chi connectivity index (χ1n) is 12.0. The number of unbranched alkanes of at least 4 members (excludes halogenated alkanes) is 13. The summed E-state index contributed by atoms with van der Waals surface area (Å²) in [6.45, 7) is 5.97. The van der Waals surface area contributed by atoms with Crippen molar-refractivity contribution in [1.82, 2.24) is 0 Å². The van der Waals surface area contributed by atoms with Crippen LogP contribution in [0.1, 0.15) is 104 Å². The molecule has 0 aromatic rings. The van der Waals surface area contributed by atoms with Crippen LogP contribution in [0.15, 0.2) is 0 Å². The van der Waals surface area contributed by atoms with E-state index in [1.54, 1.807) is 0 Å². The molecule has 0 fully saturated rings. The Balaban J connectivity index is 3.27. The van der Waals surface area contributed by atoms with Crippen molar-refractivity contribution in [2.75, 3.05) is 33.0 Å². The molecule has 0 amide bonds. The van der Waals surface area contributed by atoms with Gasteiger partial charge >= 0.3 is 0 Å². The zero-order chi connectivity index (χ0) is 21.6. The molecule has 0 aliphatic heterocycles. The third-order valence-corrected chi connectivity index (χ3v) is 5.92. The van der Waals surface area contributed by atoms with Gasteiger partial charge in [0, 0.05) is 12.5 Å². The highest BCUT2D eigenvalue weighted by molar-refractivity contribution is 7.45. The van der Waals surface area contributed by atoms with Crippen LogP contribution in [0.3, 0.4) is 0 Å². The molecule has 0 aliphatic rings. The van der Waals surface area contributed by atoms with Crippen molar-refractivity contribution in [3.63, 3.8) is 0 Å². The smallest absolute Gasteiger partial charge is 0.268 e. The minimum Gasteiger partial charge on any atom is -0.756 e. The van der Waals surface area contributed by atoms with Gasteiger partial charge in [-0.2, -0.15) is 0 Å². The van der Waals surface area contributed by atoms with Gasteiger partial charge in [-0.05, 0) is 6.42 Å². The first-order valence-corrected chi connectivity index (χ1v) is 13.4. The maximum Gasteiger partial charge on any atom is 0.268 e. The van der Waals surface area contributed by atoms with Crippen molar-refractivity contribution < 1.29 is 29.0 Å². The summed E-state index contributed by atoms with van der Waals surface area (Å²) in [5, 5.41) is 0.